The van der Waals surface area contributed by atoms with Gasteiger partial charge in [-0.2, -0.15) is 0 Å². The van der Waals surface area contributed by atoms with Crippen LogP contribution in [0.3, 0.4) is 0 Å². The number of hydrogen-bond acceptors (Lipinski definition) is 5. The van der Waals surface area contributed by atoms with Crippen LogP contribution < -0.4 is 4.72 Å². The Morgan fingerprint density at radius 2 is 2.06 bits per heavy atom. The van der Waals surface area contributed by atoms with Crippen LogP contribution in [-0.4, -0.2) is 13.6 Å². The van der Waals surface area contributed by atoms with E-state index >= 15 is 0 Å². The highest BCUT2D eigenvalue weighted by atomic mass is 35.5. The summed E-state index contributed by atoms with van der Waals surface area (Å²) in [6.07, 6.45) is 0. The monoisotopic (exact) mass is 306 g/mol. The number of thiophene rings is 1. The van der Waals surface area contributed by atoms with Crippen LogP contribution in [0.25, 0.3) is 0 Å². The topological polar surface area (TPSA) is 72.2 Å². The third-order valence-corrected chi connectivity index (χ3v) is 5.84. The first-order chi connectivity index (χ1) is 8.31. The van der Waals surface area contributed by atoms with Gasteiger partial charge in [-0.25, -0.2) is 8.42 Å². The zero-order valence-corrected chi connectivity index (χ0v) is 12.3. The molecule has 2 rings (SSSR count). The van der Waals surface area contributed by atoms with Crippen molar-refractivity contribution < 1.29 is 12.9 Å². The molecule has 0 spiro atoms. The van der Waals surface area contributed by atoms with Gasteiger partial charge in [0.05, 0.1) is 0 Å². The number of anilines is 1. The van der Waals surface area contributed by atoms with E-state index in [1.165, 1.54) is 11.3 Å². The fourth-order valence-corrected chi connectivity index (χ4v) is 3.97. The smallest absolute Gasteiger partial charge is 0.272 e. The third-order valence-electron chi connectivity index (χ3n) is 2.43. The van der Waals surface area contributed by atoms with Gasteiger partial charge in [0.15, 0.2) is 5.76 Å². The molecule has 2 aromatic heterocycles. The Labute approximate surface area is 114 Å². The Bertz CT molecular complexity index is 669. The number of aromatic nitrogens is 1. The Hall–Kier alpha value is -1.05. The molecule has 0 aliphatic carbocycles. The third kappa shape index (κ3) is 2.38. The minimum Gasteiger partial charge on any atom is -0.358 e. The molecule has 18 heavy (non-hydrogen) atoms. The second kappa shape index (κ2) is 4.56. The molecule has 0 unspecified atom stereocenters. The molecule has 0 fully saturated rings. The first-order valence-electron chi connectivity index (χ1n) is 5.03. The number of hydrogen-bond donors (Lipinski definition) is 1. The number of aryl methyl sites for hydroxylation is 3. The summed E-state index contributed by atoms with van der Waals surface area (Å²) in [4.78, 5) is 0.956. The Morgan fingerprint density at radius 1 is 1.39 bits per heavy atom. The SMILES string of the molecule is Cc1cc(S(=O)(=O)Nc2noc(C)c2Cl)sc1C. The van der Waals surface area contributed by atoms with E-state index in [9.17, 15) is 8.42 Å². The van der Waals surface area contributed by atoms with Crippen LogP contribution >= 0.6 is 22.9 Å². The maximum absolute atomic E-state index is 12.1. The molecule has 0 aromatic carbocycles. The van der Waals surface area contributed by atoms with Crippen LogP contribution in [0.15, 0.2) is 14.8 Å². The zero-order valence-electron chi connectivity index (χ0n) is 9.94. The normalized spacial score (nSPS) is 11.8. The predicted molar refractivity (Wildman–Crippen MR) is 70.9 cm³/mol. The van der Waals surface area contributed by atoms with Crippen LogP contribution in [0, 0.1) is 20.8 Å². The molecule has 0 aliphatic heterocycles. The summed E-state index contributed by atoms with van der Waals surface area (Å²) < 4.78 is 31.5. The number of halogens is 1. The summed E-state index contributed by atoms with van der Waals surface area (Å²) in [6.45, 7) is 5.33. The van der Waals surface area contributed by atoms with Gasteiger partial charge in [0.2, 0.25) is 5.82 Å². The van der Waals surface area contributed by atoms with Gasteiger partial charge in [-0.15, -0.1) is 11.3 Å². The van der Waals surface area contributed by atoms with Gasteiger partial charge >= 0.3 is 0 Å². The van der Waals surface area contributed by atoms with Gasteiger partial charge in [-0.3, -0.25) is 4.72 Å². The molecule has 0 amide bonds. The van der Waals surface area contributed by atoms with Gasteiger partial charge in [-0.1, -0.05) is 16.8 Å². The molecule has 5 nitrogen and oxygen atoms in total. The predicted octanol–water partition coefficient (Wildman–Crippen LogP) is 3.12. The molecule has 1 N–H and O–H groups in total. The molecule has 0 saturated carbocycles. The summed E-state index contributed by atoms with van der Waals surface area (Å²) in [7, 11) is -3.66. The summed E-state index contributed by atoms with van der Waals surface area (Å²) in [5.41, 5.74) is 0.933. The molecule has 2 heterocycles. The fraction of sp³-hybridized carbons (Fsp3) is 0.300. The molecule has 0 bridgehead atoms. The Kier molecular flexibility index (Phi) is 3.39. The summed E-state index contributed by atoms with van der Waals surface area (Å²) in [5, 5.41) is 3.73. The lowest BCUT2D eigenvalue weighted by Gasteiger charge is -2.01. The Balaban J connectivity index is 2.36. The average Bonchev–Trinajstić information content (AvgIpc) is 2.77. The van der Waals surface area contributed by atoms with E-state index in [-0.39, 0.29) is 15.0 Å². The molecule has 0 saturated heterocycles. The van der Waals surface area contributed by atoms with E-state index < -0.39 is 10.0 Å². The van der Waals surface area contributed by atoms with Crippen molar-refractivity contribution in [3.8, 4) is 0 Å². The maximum Gasteiger partial charge on any atom is 0.272 e. The van der Waals surface area contributed by atoms with Crippen molar-refractivity contribution in [2.24, 2.45) is 0 Å². The highest BCUT2D eigenvalue weighted by molar-refractivity contribution is 7.94. The van der Waals surface area contributed by atoms with E-state index in [0.29, 0.717) is 5.76 Å². The van der Waals surface area contributed by atoms with Gasteiger partial charge < -0.3 is 4.52 Å². The molecular formula is C10H11ClN2O3S2. The average molecular weight is 307 g/mol. The lowest BCUT2D eigenvalue weighted by Crippen LogP contribution is -2.12. The van der Waals surface area contributed by atoms with E-state index in [0.717, 1.165) is 10.4 Å². The highest BCUT2D eigenvalue weighted by Crippen LogP contribution is 2.30. The summed E-state index contributed by atoms with van der Waals surface area (Å²) in [5.74, 6) is 0.380. The van der Waals surface area contributed by atoms with Crippen LogP contribution in [0.4, 0.5) is 5.82 Å². The zero-order chi connectivity index (χ0) is 13.5. The standard InChI is InChI=1S/C10H11ClN2O3S2/c1-5-4-8(17-7(5)3)18(14,15)13-10-9(11)6(2)16-12-10/h4H,1-3H3,(H,12,13). The quantitative estimate of drug-likeness (QED) is 0.945. The minimum absolute atomic E-state index is 0.0119. The van der Waals surface area contributed by atoms with Gasteiger partial charge in [0.25, 0.3) is 10.0 Å². The highest BCUT2D eigenvalue weighted by Gasteiger charge is 2.22. The molecule has 2 aromatic rings. The van der Waals surface area contributed by atoms with Crippen LogP contribution in [-0.2, 0) is 10.0 Å². The van der Waals surface area contributed by atoms with Crippen LogP contribution in [0.2, 0.25) is 5.02 Å². The fourth-order valence-electron chi connectivity index (χ4n) is 1.27. The summed E-state index contributed by atoms with van der Waals surface area (Å²) in [6, 6.07) is 1.61. The number of sulfonamides is 1. The van der Waals surface area contributed by atoms with Crippen molar-refractivity contribution in [3.05, 3.63) is 27.3 Å². The maximum atomic E-state index is 12.1. The number of nitrogens with one attached hydrogen (secondary N) is 1. The van der Waals surface area contributed by atoms with Crippen molar-refractivity contribution >= 4 is 38.8 Å². The molecule has 0 atom stereocenters. The number of nitrogens with zero attached hydrogens (tertiary/aromatic N) is 1. The summed E-state index contributed by atoms with van der Waals surface area (Å²) >= 11 is 7.06. The van der Waals surface area contributed by atoms with E-state index in [1.54, 1.807) is 13.0 Å². The first-order valence-corrected chi connectivity index (χ1v) is 7.70. The lowest BCUT2D eigenvalue weighted by atomic mass is 10.3. The van der Waals surface area contributed by atoms with Crippen molar-refractivity contribution in [1.29, 1.82) is 0 Å². The minimum atomic E-state index is -3.66. The Morgan fingerprint density at radius 3 is 2.50 bits per heavy atom. The largest absolute Gasteiger partial charge is 0.358 e. The van der Waals surface area contributed by atoms with Crippen molar-refractivity contribution in [2.75, 3.05) is 4.72 Å². The second-order valence-electron chi connectivity index (χ2n) is 3.81. The van der Waals surface area contributed by atoms with Gasteiger partial charge in [-0.05, 0) is 32.4 Å². The molecule has 8 heteroatoms. The number of rotatable bonds is 3. The van der Waals surface area contributed by atoms with Crippen LogP contribution in [0.1, 0.15) is 16.2 Å². The molecule has 0 aliphatic rings. The molecule has 98 valence electrons. The van der Waals surface area contributed by atoms with Crippen molar-refractivity contribution in [1.82, 2.24) is 5.16 Å². The van der Waals surface area contributed by atoms with Gasteiger partial charge in [0.1, 0.15) is 9.23 Å². The van der Waals surface area contributed by atoms with Gasteiger partial charge in [0, 0.05) is 4.88 Å². The first kappa shape index (κ1) is 13.4. The van der Waals surface area contributed by atoms with Crippen molar-refractivity contribution in [3.63, 3.8) is 0 Å². The van der Waals surface area contributed by atoms with E-state index in [4.69, 9.17) is 16.1 Å². The van der Waals surface area contributed by atoms with E-state index in [1.807, 2.05) is 13.8 Å². The molecular weight excluding hydrogens is 296 g/mol. The second-order valence-corrected chi connectivity index (χ2v) is 7.36. The van der Waals surface area contributed by atoms with Crippen LogP contribution in [0.5, 0.6) is 0 Å². The van der Waals surface area contributed by atoms with E-state index in [2.05, 4.69) is 9.88 Å². The lowest BCUT2D eigenvalue weighted by molar-refractivity contribution is 0.400. The molecule has 0 radical (unpaired) electrons. The van der Waals surface area contributed by atoms with Crippen molar-refractivity contribution in [2.45, 2.75) is 25.0 Å².